The molecule has 0 saturated heterocycles. The van der Waals surface area contributed by atoms with Gasteiger partial charge in [-0.25, -0.2) is 4.39 Å². The second-order valence-corrected chi connectivity index (χ2v) is 5.39. The van der Waals surface area contributed by atoms with Crippen LogP contribution in [0.3, 0.4) is 0 Å². The minimum Gasteiger partial charge on any atom is -0.344 e. The number of anilines is 2. The highest BCUT2D eigenvalue weighted by Crippen LogP contribution is 2.32. The number of nitrogens with zero attached hydrogens (tertiary/aromatic N) is 1. The van der Waals surface area contributed by atoms with Gasteiger partial charge < -0.3 is 10.6 Å². The van der Waals surface area contributed by atoms with Gasteiger partial charge >= 0.3 is 0 Å². The predicted molar refractivity (Wildman–Crippen MR) is 81.2 cm³/mol. The van der Waals surface area contributed by atoms with Gasteiger partial charge in [-0.15, -0.1) is 0 Å². The number of nitrogens with two attached hydrogens (primary N) is 1. The molecule has 0 spiro atoms. The molecule has 0 amide bonds. The van der Waals surface area contributed by atoms with Crippen LogP contribution in [0.2, 0.25) is 0 Å². The number of hydrogen-bond acceptors (Lipinski definition) is 2. The standard InChI is InChI=1S/C15H16BrFN2/c1-10(18)11-6-7-15(14(16)8-11)19(2)13-5-3-4-12(17)9-13/h3-10H,18H2,1-2H3. The highest BCUT2D eigenvalue weighted by atomic mass is 79.9. The van der Waals surface area contributed by atoms with Gasteiger partial charge in [-0.2, -0.15) is 0 Å². The first-order valence-electron chi connectivity index (χ1n) is 6.03. The summed E-state index contributed by atoms with van der Waals surface area (Å²) in [5.74, 6) is -0.243. The fraction of sp³-hybridized carbons (Fsp3) is 0.200. The molecule has 0 aliphatic carbocycles. The van der Waals surface area contributed by atoms with Crippen LogP contribution in [0.1, 0.15) is 18.5 Å². The first-order valence-corrected chi connectivity index (χ1v) is 6.82. The molecule has 19 heavy (non-hydrogen) atoms. The summed E-state index contributed by atoms with van der Waals surface area (Å²) in [6.07, 6.45) is 0. The van der Waals surface area contributed by atoms with Crippen molar-refractivity contribution in [1.29, 1.82) is 0 Å². The molecule has 1 atom stereocenters. The summed E-state index contributed by atoms with van der Waals surface area (Å²) in [6.45, 7) is 1.94. The molecule has 2 nitrogen and oxygen atoms in total. The molecule has 2 aromatic rings. The summed E-state index contributed by atoms with van der Waals surface area (Å²) >= 11 is 3.54. The lowest BCUT2D eigenvalue weighted by atomic mass is 10.1. The van der Waals surface area contributed by atoms with Crippen LogP contribution in [0.4, 0.5) is 15.8 Å². The second-order valence-electron chi connectivity index (χ2n) is 4.54. The molecule has 0 saturated carbocycles. The fourth-order valence-corrected chi connectivity index (χ4v) is 2.56. The van der Waals surface area contributed by atoms with Crippen molar-refractivity contribution in [2.45, 2.75) is 13.0 Å². The Bertz CT molecular complexity index is 584. The van der Waals surface area contributed by atoms with Crippen molar-refractivity contribution in [2.24, 2.45) is 5.73 Å². The summed E-state index contributed by atoms with van der Waals surface area (Å²) < 4.78 is 14.2. The number of halogens is 2. The predicted octanol–water partition coefficient (Wildman–Crippen LogP) is 4.38. The van der Waals surface area contributed by atoms with E-state index in [2.05, 4.69) is 15.9 Å². The molecule has 0 aliphatic heterocycles. The number of hydrogen-bond donors (Lipinski definition) is 1. The van der Waals surface area contributed by atoms with Gasteiger partial charge in [-0.05, 0) is 58.7 Å². The Morgan fingerprint density at radius 3 is 2.53 bits per heavy atom. The maximum atomic E-state index is 13.3. The van der Waals surface area contributed by atoms with E-state index in [1.165, 1.54) is 12.1 Å². The summed E-state index contributed by atoms with van der Waals surface area (Å²) in [5.41, 5.74) is 8.68. The van der Waals surface area contributed by atoms with E-state index in [1.807, 2.05) is 43.1 Å². The Labute approximate surface area is 121 Å². The van der Waals surface area contributed by atoms with Gasteiger partial charge in [0.15, 0.2) is 0 Å². The quantitative estimate of drug-likeness (QED) is 0.908. The lowest BCUT2D eigenvalue weighted by Crippen LogP contribution is -2.11. The molecule has 4 heteroatoms. The second kappa shape index (κ2) is 5.72. The zero-order valence-electron chi connectivity index (χ0n) is 10.9. The minimum absolute atomic E-state index is 0.00942. The third-order valence-electron chi connectivity index (χ3n) is 3.05. The summed E-state index contributed by atoms with van der Waals surface area (Å²) in [4.78, 5) is 1.93. The molecule has 0 heterocycles. The van der Waals surface area contributed by atoms with E-state index in [9.17, 15) is 4.39 Å². The van der Waals surface area contributed by atoms with E-state index in [1.54, 1.807) is 6.07 Å². The highest BCUT2D eigenvalue weighted by molar-refractivity contribution is 9.10. The normalized spacial score (nSPS) is 12.3. The van der Waals surface area contributed by atoms with E-state index >= 15 is 0 Å². The van der Waals surface area contributed by atoms with Gasteiger partial charge in [-0.3, -0.25) is 0 Å². The van der Waals surface area contributed by atoms with Crippen LogP contribution in [-0.4, -0.2) is 7.05 Å². The van der Waals surface area contributed by atoms with Crippen LogP contribution in [0.15, 0.2) is 46.9 Å². The Morgan fingerprint density at radius 2 is 1.95 bits per heavy atom. The van der Waals surface area contributed by atoms with Crippen LogP contribution in [0.25, 0.3) is 0 Å². The third kappa shape index (κ3) is 3.14. The van der Waals surface area contributed by atoms with Crippen molar-refractivity contribution < 1.29 is 4.39 Å². The van der Waals surface area contributed by atoms with Gasteiger partial charge in [0.1, 0.15) is 5.82 Å². The van der Waals surface area contributed by atoms with Crippen molar-refractivity contribution in [3.05, 3.63) is 58.3 Å². The molecule has 2 N–H and O–H groups in total. The van der Waals surface area contributed by atoms with Crippen LogP contribution >= 0.6 is 15.9 Å². The van der Waals surface area contributed by atoms with Gasteiger partial charge in [0.25, 0.3) is 0 Å². The van der Waals surface area contributed by atoms with Gasteiger partial charge in [0.05, 0.1) is 5.69 Å². The Kier molecular flexibility index (Phi) is 4.22. The monoisotopic (exact) mass is 322 g/mol. The van der Waals surface area contributed by atoms with Crippen molar-refractivity contribution in [3.8, 4) is 0 Å². The Balaban J connectivity index is 2.36. The van der Waals surface area contributed by atoms with Crippen molar-refractivity contribution >= 4 is 27.3 Å². The molecule has 0 aromatic heterocycles. The Hall–Kier alpha value is -1.39. The molecular weight excluding hydrogens is 307 g/mol. The van der Waals surface area contributed by atoms with E-state index in [0.29, 0.717) is 0 Å². The topological polar surface area (TPSA) is 29.3 Å². The molecule has 0 bridgehead atoms. The average Bonchev–Trinajstić information content (AvgIpc) is 2.37. The molecule has 0 aliphatic rings. The minimum atomic E-state index is -0.243. The number of rotatable bonds is 3. The zero-order valence-corrected chi connectivity index (χ0v) is 12.5. The molecule has 1 unspecified atom stereocenters. The largest absolute Gasteiger partial charge is 0.344 e. The van der Waals surface area contributed by atoms with Gasteiger partial charge in [0.2, 0.25) is 0 Å². The third-order valence-corrected chi connectivity index (χ3v) is 3.69. The van der Waals surface area contributed by atoms with E-state index in [4.69, 9.17) is 5.73 Å². The van der Waals surface area contributed by atoms with Crippen LogP contribution in [-0.2, 0) is 0 Å². The maximum Gasteiger partial charge on any atom is 0.125 e. The van der Waals surface area contributed by atoms with Crippen molar-refractivity contribution in [1.82, 2.24) is 0 Å². The molecule has 2 aromatic carbocycles. The molecule has 0 radical (unpaired) electrons. The van der Waals surface area contributed by atoms with Crippen molar-refractivity contribution in [2.75, 3.05) is 11.9 Å². The van der Waals surface area contributed by atoms with Crippen molar-refractivity contribution in [3.63, 3.8) is 0 Å². The van der Waals surface area contributed by atoms with E-state index in [-0.39, 0.29) is 11.9 Å². The van der Waals surface area contributed by atoms with Gasteiger partial charge in [-0.1, -0.05) is 12.1 Å². The van der Waals surface area contributed by atoms with Crippen LogP contribution in [0, 0.1) is 5.82 Å². The van der Waals surface area contributed by atoms with Crippen LogP contribution in [0.5, 0.6) is 0 Å². The SMILES string of the molecule is CC(N)c1ccc(N(C)c2cccc(F)c2)c(Br)c1. The fourth-order valence-electron chi connectivity index (χ4n) is 1.90. The number of benzene rings is 2. The first kappa shape index (κ1) is 14.0. The Morgan fingerprint density at radius 1 is 1.21 bits per heavy atom. The van der Waals surface area contributed by atoms with E-state index in [0.717, 1.165) is 21.4 Å². The molecule has 100 valence electrons. The molecule has 2 rings (SSSR count). The van der Waals surface area contributed by atoms with E-state index < -0.39 is 0 Å². The summed E-state index contributed by atoms with van der Waals surface area (Å²) in [6, 6.07) is 12.5. The molecule has 0 fully saturated rings. The smallest absolute Gasteiger partial charge is 0.125 e. The molecular formula is C15H16BrFN2. The van der Waals surface area contributed by atoms with Crippen LogP contribution < -0.4 is 10.6 Å². The van der Waals surface area contributed by atoms with Gasteiger partial charge in [0, 0.05) is 23.2 Å². The first-order chi connectivity index (χ1) is 8.99. The summed E-state index contributed by atoms with van der Waals surface area (Å²) in [5, 5.41) is 0. The zero-order chi connectivity index (χ0) is 14.0. The maximum absolute atomic E-state index is 13.3. The summed E-state index contributed by atoms with van der Waals surface area (Å²) in [7, 11) is 1.90. The highest BCUT2D eigenvalue weighted by Gasteiger charge is 2.10. The lowest BCUT2D eigenvalue weighted by Gasteiger charge is -2.22. The average molecular weight is 323 g/mol. The lowest BCUT2D eigenvalue weighted by molar-refractivity contribution is 0.628.